The minimum atomic E-state index is -4.85. The van der Waals surface area contributed by atoms with Crippen LogP contribution in [-0.4, -0.2) is 62.9 Å². The summed E-state index contributed by atoms with van der Waals surface area (Å²) < 4.78 is 66.1. The third-order valence-corrected chi connectivity index (χ3v) is 7.29. The molecule has 0 aliphatic carbocycles. The Morgan fingerprint density at radius 2 is 1.42 bits per heavy atom. The van der Waals surface area contributed by atoms with Crippen molar-refractivity contribution in [2.75, 3.05) is 10.7 Å². The monoisotopic (exact) mass is 745 g/mol. The van der Waals surface area contributed by atoms with Crippen molar-refractivity contribution in [2.45, 2.75) is 9.79 Å². The molecule has 0 amide bonds. The van der Waals surface area contributed by atoms with Gasteiger partial charge in [0, 0.05) is 22.6 Å². The quantitative estimate of drug-likeness (QED) is 0.0264. The Labute approximate surface area is 274 Å². The summed E-state index contributed by atoms with van der Waals surface area (Å²) in [4.78, 5) is 21.4. The van der Waals surface area contributed by atoms with E-state index >= 15 is 0 Å². The van der Waals surface area contributed by atoms with Gasteiger partial charge in [-0.1, -0.05) is 30.3 Å². The van der Waals surface area contributed by atoms with Crippen molar-refractivity contribution < 1.29 is 58.0 Å². The molecule has 4 rings (SSSR count). The first-order chi connectivity index (χ1) is 20.6. The number of aromatic hydroxyl groups is 1. The standard InChI is InChI=1S/C23H16Cl2N8O9S2.Cu/c24-21-27-22(25)29-23(28-21)26-16-9-13(44(40,41)42)10-17(18(16)34)31-33-19(11-4-2-1-3-5-11)32-30-15-8-12(43(37,38)39)6-7-14(15)20(35)36;/h1-10,31,34H,(H,35,36)(H,37,38,39)(H,40,41,42)(H,26,27,28,29);/b32-30?,33-19+;. The fraction of sp³-hybridized carbons (Fsp3) is 0. The number of aromatic nitrogens is 3. The zero-order chi connectivity index (χ0) is 32.2. The minimum absolute atomic E-state index is 0. The smallest absolute Gasteiger partial charge is 0.337 e. The maximum Gasteiger partial charge on any atom is 0.337 e. The van der Waals surface area contributed by atoms with Gasteiger partial charge in [-0.15, -0.1) is 10.2 Å². The van der Waals surface area contributed by atoms with Gasteiger partial charge in [-0.05, 0) is 53.5 Å². The fourth-order valence-electron chi connectivity index (χ4n) is 3.32. The molecule has 0 unspecified atom stereocenters. The average Bonchev–Trinajstić information content (AvgIpc) is 2.93. The van der Waals surface area contributed by atoms with Gasteiger partial charge in [0.05, 0.1) is 21.0 Å². The summed E-state index contributed by atoms with van der Waals surface area (Å²) >= 11 is 11.5. The van der Waals surface area contributed by atoms with E-state index in [1.54, 1.807) is 18.2 Å². The number of phenolic OH excluding ortho intramolecular Hbond substituents is 1. The van der Waals surface area contributed by atoms with Gasteiger partial charge in [0.15, 0.2) is 5.75 Å². The molecule has 4 aromatic rings. The molecular formula is C23H16Cl2CuN8O9S2. The van der Waals surface area contributed by atoms with Crippen molar-refractivity contribution in [3.8, 4) is 5.75 Å². The molecule has 0 fully saturated rings. The number of hydrogen-bond acceptors (Lipinski definition) is 13. The van der Waals surface area contributed by atoms with Gasteiger partial charge in [0.25, 0.3) is 20.2 Å². The molecule has 0 saturated carbocycles. The summed E-state index contributed by atoms with van der Waals surface area (Å²) in [5.41, 5.74) is 0.974. The maximum absolute atomic E-state index is 12.0. The van der Waals surface area contributed by atoms with E-state index in [0.717, 1.165) is 30.3 Å². The van der Waals surface area contributed by atoms with Gasteiger partial charge in [-0.3, -0.25) is 14.5 Å². The number of benzene rings is 3. The van der Waals surface area contributed by atoms with Gasteiger partial charge in [0.2, 0.25) is 22.4 Å². The van der Waals surface area contributed by atoms with Crippen LogP contribution >= 0.6 is 23.2 Å². The number of phenols is 1. The number of carboxylic acids is 1. The Hall–Kier alpha value is -4.27. The number of rotatable bonds is 9. The average molecular weight is 747 g/mol. The summed E-state index contributed by atoms with van der Waals surface area (Å²) in [5, 5.41) is 33.9. The molecule has 22 heteroatoms. The molecule has 6 N–H and O–H groups in total. The molecule has 0 saturated heterocycles. The first kappa shape index (κ1) is 35.2. The zero-order valence-corrected chi connectivity index (χ0v) is 25.7. The predicted molar refractivity (Wildman–Crippen MR) is 155 cm³/mol. The SMILES string of the molecule is O=C(O)c1ccc(S(=O)(=O)O)cc1N=N/C(=N/Nc1cc(S(=O)(=O)O)cc(Nc2nc(Cl)nc(Cl)n2)c1O)c1ccccc1.[Cu]. The van der Waals surface area contributed by atoms with Crippen LogP contribution in [0.4, 0.5) is 23.0 Å². The number of hydrogen-bond donors (Lipinski definition) is 6. The molecule has 45 heavy (non-hydrogen) atoms. The van der Waals surface area contributed by atoms with Crippen LogP contribution in [0.2, 0.25) is 10.6 Å². The Bertz CT molecular complexity index is 2030. The number of aromatic carboxylic acids is 1. The van der Waals surface area contributed by atoms with Crippen LogP contribution in [0, 0.1) is 0 Å². The number of hydrazone groups is 1. The number of nitrogens with one attached hydrogen (secondary N) is 2. The molecule has 17 nitrogen and oxygen atoms in total. The maximum atomic E-state index is 12.0. The van der Waals surface area contributed by atoms with Crippen LogP contribution in [0.25, 0.3) is 0 Å². The van der Waals surface area contributed by atoms with Crippen LogP contribution in [-0.2, 0) is 37.3 Å². The van der Waals surface area contributed by atoms with Crippen LogP contribution in [0.1, 0.15) is 15.9 Å². The van der Waals surface area contributed by atoms with E-state index in [4.69, 9.17) is 23.2 Å². The number of nitrogens with zero attached hydrogens (tertiary/aromatic N) is 6. The van der Waals surface area contributed by atoms with Crippen molar-refractivity contribution in [3.63, 3.8) is 0 Å². The second-order valence-electron chi connectivity index (χ2n) is 8.24. The van der Waals surface area contributed by atoms with E-state index in [1.165, 1.54) is 12.1 Å². The van der Waals surface area contributed by atoms with Crippen molar-refractivity contribution >= 4 is 78.3 Å². The molecule has 3 aromatic carbocycles. The van der Waals surface area contributed by atoms with Crippen LogP contribution in [0.3, 0.4) is 0 Å². The molecule has 0 aliphatic rings. The molecule has 0 atom stereocenters. The van der Waals surface area contributed by atoms with Crippen molar-refractivity contribution in [1.29, 1.82) is 0 Å². The summed E-state index contributed by atoms with van der Waals surface area (Å²) in [7, 11) is -9.58. The molecule has 239 valence electrons. The number of carboxylic acid groups (broad SMARTS) is 1. The van der Waals surface area contributed by atoms with E-state index in [1.807, 2.05) is 0 Å². The number of azo groups is 1. The van der Waals surface area contributed by atoms with Crippen LogP contribution < -0.4 is 10.7 Å². The predicted octanol–water partition coefficient (Wildman–Crippen LogP) is 4.37. The largest absolute Gasteiger partial charge is 0.504 e. The Morgan fingerprint density at radius 3 is 2.00 bits per heavy atom. The summed E-state index contributed by atoms with van der Waals surface area (Å²) in [6.07, 6.45) is 0. The normalized spacial score (nSPS) is 12.0. The molecule has 0 aliphatic heterocycles. The van der Waals surface area contributed by atoms with E-state index < -0.39 is 58.7 Å². The summed E-state index contributed by atoms with van der Waals surface area (Å²) in [5.74, 6) is -2.72. The van der Waals surface area contributed by atoms with E-state index in [9.17, 15) is 40.9 Å². The van der Waals surface area contributed by atoms with Gasteiger partial charge in [-0.25, -0.2) is 4.79 Å². The van der Waals surface area contributed by atoms with Crippen molar-refractivity contribution in [1.82, 2.24) is 15.0 Å². The van der Waals surface area contributed by atoms with E-state index in [0.29, 0.717) is 0 Å². The number of halogens is 2. The molecule has 1 heterocycles. The third-order valence-electron chi connectivity index (χ3n) is 5.27. The number of amidine groups is 1. The summed E-state index contributed by atoms with van der Waals surface area (Å²) in [6, 6.07) is 12.1. The Morgan fingerprint density at radius 1 is 0.822 bits per heavy atom. The molecule has 1 aromatic heterocycles. The first-order valence-corrected chi connectivity index (χ1v) is 15.1. The Balaban J connectivity index is 0.00000552. The third kappa shape index (κ3) is 9.12. The Kier molecular flexibility index (Phi) is 11.1. The summed E-state index contributed by atoms with van der Waals surface area (Å²) in [6.45, 7) is 0. The van der Waals surface area contributed by atoms with Crippen molar-refractivity contribution in [3.05, 3.63) is 82.4 Å². The van der Waals surface area contributed by atoms with Crippen molar-refractivity contribution in [2.24, 2.45) is 15.3 Å². The molecule has 1 radical (unpaired) electrons. The van der Waals surface area contributed by atoms with E-state index in [-0.39, 0.29) is 50.7 Å². The van der Waals surface area contributed by atoms with Crippen LogP contribution in [0.5, 0.6) is 5.75 Å². The van der Waals surface area contributed by atoms with Gasteiger partial charge < -0.3 is 15.5 Å². The molecule has 0 bridgehead atoms. The van der Waals surface area contributed by atoms with Gasteiger partial charge in [0.1, 0.15) is 11.4 Å². The zero-order valence-electron chi connectivity index (χ0n) is 21.7. The number of anilines is 3. The molecular weight excluding hydrogens is 731 g/mol. The first-order valence-electron chi connectivity index (χ1n) is 11.5. The van der Waals surface area contributed by atoms with Gasteiger partial charge in [-0.2, -0.15) is 36.9 Å². The fourth-order valence-corrected chi connectivity index (χ4v) is 4.72. The topological polar surface area (TPSA) is 266 Å². The molecule has 0 spiro atoms. The second-order valence-corrected chi connectivity index (χ2v) is 11.8. The second kappa shape index (κ2) is 14.2. The minimum Gasteiger partial charge on any atom is -0.504 e. The number of carbonyl (C=O) groups is 1. The van der Waals surface area contributed by atoms with E-state index in [2.05, 4.69) is 41.0 Å². The van der Waals surface area contributed by atoms with Crippen LogP contribution in [0.15, 0.2) is 85.8 Å². The van der Waals surface area contributed by atoms with Gasteiger partial charge >= 0.3 is 5.97 Å².